The Bertz CT molecular complexity index is 847. The van der Waals surface area contributed by atoms with Crippen molar-refractivity contribution in [2.45, 2.75) is 30.8 Å². The van der Waals surface area contributed by atoms with Gasteiger partial charge in [0.05, 0.1) is 6.61 Å². The maximum absolute atomic E-state index is 12.8. The van der Waals surface area contributed by atoms with Crippen LogP contribution in [-0.4, -0.2) is 54.5 Å². The number of carbonyl (C=O) groups excluding carboxylic acids is 1. The first kappa shape index (κ1) is 18.5. The lowest BCUT2D eigenvalue weighted by atomic mass is 9.98. The Hall–Kier alpha value is -2.86. The van der Waals surface area contributed by atoms with Gasteiger partial charge in [-0.1, -0.05) is 48.5 Å². The Labute approximate surface area is 163 Å². The Morgan fingerprint density at radius 1 is 1.07 bits per heavy atom. The SMILES string of the molecule is COCC(C(=O)O)N(C(=O)OCC1c2ccccc2-c2ccccc21)C1CC1. The highest BCUT2D eigenvalue weighted by atomic mass is 16.6. The van der Waals surface area contributed by atoms with Crippen LogP contribution in [0.15, 0.2) is 48.5 Å². The Kier molecular flexibility index (Phi) is 5.05. The highest BCUT2D eigenvalue weighted by Gasteiger charge is 2.42. The van der Waals surface area contributed by atoms with Crippen molar-refractivity contribution in [3.05, 3.63) is 59.7 Å². The molecule has 0 heterocycles. The van der Waals surface area contributed by atoms with Crippen LogP contribution in [0.3, 0.4) is 0 Å². The summed E-state index contributed by atoms with van der Waals surface area (Å²) in [5, 5.41) is 9.51. The molecule has 1 amide bonds. The molecule has 1 saturated carbocycles. The van der Waals surface area contributed by atoms with Gasteiger partial charge in [0.15, 0.2) is 6.04 Å². The van der Waals surface area contributed by atoms with Gasteiger partial charge in [-0.2, -0.15) is 0 Å². The van der Waals surface area contributed by atoms with Gasteiger partial charge in [-0.25, -0.2) is 9.59 Å². The molecule has 6 nitrogen and oxygen atoms in total. The molecule has 0 spiro atoms. The number of carbonyl (C=O) groups is 2. The van der Waals surface area contributed by atoms with E-state index in [1.165, 1.54) is 12.0 Å². The van der Waals surface area contributed by atoms with Crippen molar-refractivity contribution >= 4 is 12.1 Å². The van der Waals surface area contributed by atoms with Crippen LogP contribution in [-0.2, 0) is 14.3 Å². The third kappa shape index (κ3) is 3.36. The number of carboxylic acid groups (broad SMARTS) is 1. The predicted molar refractivity (Wildman–Crippen MR) is 103 cm³/mol. The Morgan fingerprint density at radius 3 is 2.14 bits per heavy atom. The van der Waals surface area contributed by atoms with Crippen molar-refractivity contribution in [3.63, 3.8) is 0 Å². The number of benzene rings is 2. The lowest BCUT2D eigenvalue weighted by Gasteiger charge is -2.28. The summed E-state index contributed by atoms with van der Waals surface area (Å²) in [4.78, 5) is 25.8. The van der Waals surface area contributed by atoms with Crippen LogP contribution in [0, 0.1) is 0 Å². The third-order valence-electron chi connectivity index (χ3n) is 5.43. The van der Waals surface area contributed by atoms with Crippen molar-refractivity contribution in [3.8, 4) is 11.1 Å². The van der Waals surface area contributed by atoms with E-state index < -0.39 is 18.1 Å². The number of ether oxygens (including phenoxy) is 2. The van der Waals surface area contributed by atoms with Gasteiger partial charge in [0, 0.05) is 19.1 Å². The van der Waals surface area contributed by atoms with Gasteiger partial charge in [-0.15, -0.1) is 0 Å². The molecule has 2 aliphatic carbocycles. The molecule has 2 aromatic carbocycles. The largest absolute Gasteiger partial charge is 0.480 e. The number of hydrogen-bond acceptors (Lipinski definition) is 4. The van der Waals surface area contributed by atoms with Crippen LogP contribution in [0.25, 0.3) is 11.1 Å². The van der Waals surface area contributed by atoms with E-state index in [0.29, 0.717) is 0 Å². The monoisotopic (exact) mass is 381 g/mol. The van der Waals surface area contributed by atoms with Crippen LogP contribution < -0.4 is 0 Å². The zero-order valence-electron chi connectivity index (χ0n) is 15.7. The maximum atomic E-state index is 12.8. The summed E-state index contributed by atoms with van der Waals surface area (Å²) in [7, 11) is 1.43. The minimum Gasteiger partial charge on any atom is -0.480 e. The molecule has 4 rings (SSSR count). The first-order valence-corrected chi connectivity index (χ1v) is 9.47. The van der Waals surface area contributed by atoms with E-state index in [9.17, 15) is 14.7 Å². The normalized spacial score (nSPS) is 16.2. The second-order valence-corrected chi connectivity index (χ2v) is 7.25. The summed E-state index contributed by atoms with van der Waals surface area (Å²) >= 11 is 0. The molecule has 2 aliphatic rings. The fourth-order valence-electron chi connectivity index (χ4n) is 3.98. The third-order valence-corrected chi connectivity index (χ3v) is 5.43. The molecule has 1 fully saturated rings. The van der Waals surface area contributed by atoms with Crippen molar-refractivity contribution < 1.29 is 24.2 Å². The van der Waals surface area contributed by atoms with Gasteiger partial charge < -0.3 is 14.6 Å². The van der Waals surface area contributed by atoms with E-state index in [1.807, 2.05) is 24.3 Å². The summed E-state index contributed by atoms with van der Waals surface area (Å²) in [6.07, 6.45) is 0.990. The van der Waals surface area contributed by atoms with E-state index in [4.69, 9.17) is 9.47 Å². The molecule has 0 aliphatic heterocycles. The molecule has 2 aromatic rings. The number of nitrogens with zero attached hydrogens (tertiary/aromatic N) is 1. The van der Waals surface area contributed by atoms with Crippen molar-refractivity contribution in [2.75, 3.05) is 20.3 Å². The van der Waals surface area contributed by atoms with Gasteiger partial charge in [0.1, 0.15) is 6.61 Å². The fraction of sp³-hybridized carbons (Fsp3) is 0.364. The van der Waals surface area contributed by atoms with E-state index in [0.717, 1.165) is 35.1 Å². The van der Waals surface area contributed by atoms with E-state index in [-0.39, 0.29) is 25.2 Å². The number of methoxy groups -OCH3 is 1. The van der Waals surface area contributed by atoms with Crippen molar-refractivity contribution in [2.24, 2.45) is 0 Å². The van der Waals surface area contributed by atoms with Crippen LogP contribution in [0.4, 0.5) is 4.79 Å². The molecule has 0 aromatic heterocycles. The van der Waals surface area contributed by atoms with Gasteiger partial charge in [-0.05, 0) is 35.1 Å². The molecule has 0 radical (unpaired) electrons. The number of carboxylic acids is 1. The molecule has 0 bridgehead atoms. The fourth-order valence-corrected chi connectivity index (χ4v) is 3.98. The number of fused-ring (bicyclic) bond motifs is 3. The standard InChI is InChI=1S/C22H23NO5/c1-27-13-20(21(24)25)23(14-10-11-14)22(26)28-12-19-17-8-4-2-6-15(17)16-7-3-5-9-18(16)19/h2-9,14,19-20H,10-13H2,1H3,(H,24,25). The second kappa shape index (κ2) is 7.64. The summed E-state index contributed by atoms with van der Waals surface area (Å²) in [6, 6.07) is 15.1. The first-order valence-electron chi connectivity index (χ1n) is 9.47. The molecule has 28 heavy (non-hydrogen) atoms. The lowest BCUT2D eigenvalue weighted by Crippen LogP contribution is -2.49. The van der Waals surface area contributed by atoms with Crippen LogP contribution in [0.5, 0.6) is 0 Å². The topological polar surface area (TPSA) is 76.1 Å². The smallest absolute Gasteiger partial charge is 0.410 e. The van der Waals surface area contributed by atoms with Crippen LogP contribution in [0.2, 0.25) is 0 Å². The van der Waals surface area contributed by atoms with Crippen molar-refractivity contribution in [1.29, 1.82) is 0 Å². The molecular formula is C22H23NO5. The van der Waals surface area contributed by atoms with Gasteiger partial charge in [-0.3, -0.25) is 4.90 Å². The van der Waals surface area contributed by atoms with E-state index >= 15 is 0 Å². The van der Waals surface area contributed by atoms with Crippen LogP contribution in [0.1, 0.15) is 29.9 Å². The molecule has 0 saturated heterocycles. The van der Waals surface area contributed by atoms with Gasteiger partial charge in [0.25, 0.3) is 0 Å². The molecule has 6 heteroatoms. The van der Waals surface area contributed by atoms with E-state index in [1.54, 1.807) is 0 Å². The highest BCUT2D eigenvalue weighted by molar-refractivity contribution is 5.81. The Morgan fingerprint density at radius 2 is 1.64 bits per heavy atom. The number of rotatable bonds is 7. The summed E-state index contributed by atoms with van der Waals surface area (Å²) in [5.74, 6) is -1.13. The molecule has 1 N–H and O–H groups in total. The number of hydrogen-bond donors (Lipinski definition) is 1. The molecule has 146 valence electrons. The lowest BCUT2D eigenvalue weighted by molar-refractivity contribution is -0.145. The average molecular weight is 381 g/mol. The summed E-state index contributed by atoms with van der Waals surface area (Å²) in [5.41, 5.74) is 4.56. The maximum Gasteiger partial charge on any atom is 0.410 e. The minimum atomic E-state index is -1.08. The summed E-state index contributed by atoms with van der Waals surface area (Å²) in [6.45, 7) is 0.116. The zero-order valence-corrected chi connectivity index (χ0v) is 15.7. The van der Waals surface area contributed by atoms with Crippen molar-refractivity contribution in [1.82, 2.24) is 4.90 Å². The molecule has 1 unspecified atom stereocenters. The second-order valence-electron chi connectivity index (χ2n) is 7.25. The molecule has 1 atom stereocenters. The quantitative estimate of drug-likeness (QED) is 0.794. The number of aliphatic carboxylic acids is 1. The molecular weight excluding hydrogens is 358 g/mol. The van der Waals surface area contributed by atoms with Gasteiger partial charge in [0.2, 0.25) is 0 Å². The van der Waals surface area contributed by atoms with Gasteiger partial charge >= 0.3 is 12.1 Å². The predicted octanol–water partition coefficient (Wildman–Crippen LogP) is 3.50. The average Bonchev–Trinajstić information content (AvgIpc) is 3.48. The van der Waals surface area contributed by atoms with Crippen LogP contribution >= 0.6 is 0 Å². The Balaban J connectivity index is 1.53. The zero-order chi connectivity index (χ0) is 19.7. The minimum absolute atomic E-state index is 0.0527. The summed E-state index contributed by atoms with van der Waals surface area (Å²) < 4.78 is 10.7. The highest BCUT2D eigenvalue weighted by Crippen LogP contribution is 2.44. The first-order chi connectivity index (χ1) is 13.6. The number of amides is 1. The van der Waals surface area contributed by atoms with E-state index in [2.05, 4.69) is 24.3 Å².